The van der Waals surface area contributed by atoms with Crippen molar-refractivity contribution in [3.63, 3.8) is 0 Å². The number of rotatable bonds is 5. The predicted octanol–water partition coefficient (Wildman–Crippen LogP) is 3.50. The fourth-order valence-corrected chi connectivity index (χ4v) is 4.07. The Morgan fingerprint density at radius 3 is 2.19 bits per heavy atom. The molecule has 0 saturated carbocycles. The van der Waals surface area contributed by atoms with Crippen molar-refractivity contribution in [1.82, 2.24) is 8.87 Å². The summed E-state index contributed by atoms with van der Waals surface area (Å²) in [6.07, 6.45) is 0.398. The van der Waals surface area contributed by atoms with Gasteiger partial charge in [0.05, 0.1) is 17.1 Å². The Morgan fingerprint density at radius 1 is 1.04 bits per heavy atom. The fraction of sp³-hybridized carbons (Fsp3) is 0.105. The molecule has 1 amide bonds. The smallest absolute Gasteiger partial charge is 0.407 e. The number of carboxylic acid groups (broad SMARTS) is 1. The van der Waals surface area contributed by atoms with E-state index in [0.29, 0.717) is 11.3 Å². The molecule has 6 nitrogen and oxygen atoms in total. The molecule has 0 aliphatic rings. The SMILES string of the molecule is CN(Cc1cc(-c2ccccc2)n(S(=O)(=O)c2ccccc2)c1)C(=O)O. The molecule has 3 aromatic rings. The Morgan fingerprint density at radius 2 is 1.62 bits per heavy atom. The van der Waals surface area contributed by atoms with Crippen LogP contribution >= 0.6 is 0 Å². The first kappa shape index (κ1) is 17.8. The average molecular weight is 370 g/mol. The lowest BCUT2D eigenvalue weighted by molar-refractivity contribution is 0.154. The van der Waals surface area contributed by atoms with E-state index in [-0.39, 0.29) is 11.4 Å². The van der Waals surface area contributed by atoms with Gasteiger partial charge in [-0.25, -0.2) is 17.2 Å². The number of hydrogen-bond donors (Lipinski definition) is 1. The zero-order valence-electron chi connectivity index (χ0n) is 14.1. The van der Waals surface area contributed by atoms with Crippen molar-refractivity contribution >= 4 is 16.1 Å². The molecule has 134 valence electrons. The van der Waals surface area contributed by atoms with Crippen LogP contribution < -0.4 is 0 Å². The van der Waals surface area contributed by atoms with Crippen LogP contribution in [0.1, 0.15) is 5.56 Å². The second kappa shape index (κ2) is 7.05. The van der Waals surface area contributed by atoms with Gasteiger partial charge in [0.2, 0.25) is 0 Å². The van der Waals surface area contributed by atoms with Crippen molar-refractivity contribution < 1.29 is 18.3 Å². The second-order valence-corrected chi connectivity index (χ2v) is 7.67. The number of amides is 1. The first-order valence-corrected chi connectivity index (χ1v) is 9.35. The molecule has 1 N–H and O–H groups in total. The summed E-state index contributed by atoms with van der Waals surface area (Å²) in [5, 5.41) is 9.08. The van der Waals surface area contributed by atoms with Crippen LogP contribution in [0.25, 0.3) is 11.3 Å². The Bertz CT molecular complexity index is 1010. The molecule has 26 heavy (non-hydrogen) atoms. The van der Waals surface area contributed by atoms with Crippen LogP contribution in [-0.4, -0.2) is 35.5 Å². The van der Waals surface area contributed by atoms with Gasteiger partial charge in [-0.1, -0.05) is 48.5 Å². The highest BCUT2D eigenvalue weighted by molar-refractivity contribution is 7.90. The first-order valence-electron chi connectivity index (χ1n) is 7.91. The number of nitrogens with zero attached hydrogens (tertiary/aromatic N) is 2. The topological polar surface area (TPSA) is 79.6 Å². The second-order valence-electron chi connectivity index (χ2n) is 5.85. The minimum atomic E-state index is -3.80. The van der Waals surface area contributed by atoms with Gasteiger partial charge in [0.15, 0.2) is 0 Å². The maximum absolute atomic E-state index is 13.1. The van der Waals surface area contributed by atoms with Crippen LogP contribution in [0, 0.1) is 0 Å². The van der Waals surface area contributed by atoms with E-state index in [9.17, 15) is 13.2 Å². The zero-order valence-corrected chi connectivity index (χ0v) is 14.9. The van der Waals surface area contributed by atoms with E-state index in [1.165, 1.54) is 29.3 Å². The number of benzene rings is 2. The lowest BCUT2D eigenvalue weighted by Crippen LogP contribution is -2.23. The Labute approximate surface area is 152 Å². The molecule has 0 atom stereocenters. The maximum Gasteiger partial charge on any atom is 0.407 e. The molecule has 0 radical (unpaired) electrons. The summed E-state index contributed by atoms with van der Waals surface area (Å²) in [6.45, 7) is 0.0898. The van der Waals surface area contributed by atoms with Gasteiger partial charge >= 0.3 is 6.09 Å². The van der Waals surface area contributed by atoms with E-state index in [4.69, 9.17) is 5.11 Å². The van der Waals surface area contributed by atoms with Crippen LogP contribution in [-0.2, 0) is 16.6 Å². The maximum atomic E-state index is 13.1. The van der Waals surface area contributed by atoms with Crippen LogP contribution in [0.3, 0.4) is 0 Å². The zero-order chi connectivity index (χ0) is 18.7. The predicted molar refractivity (Wildman–Crippen MR) is 98.4 cm³/mol. The summed E-state index contributed by atoms with van der Waals surface area (Å²) < 4.78 is 27.4. The number of hydrogen-bond acceptors (Lipinski definition) is 3. The Balaban J connectivity index is 2.14. The van der Waals surface area contributed by atoms with Gasteiger partial charge < -0.3 is 10.0 Å². The molecule has 0 saturated heterocycles. The van der Waals surface area contributed by atoms with E-state index in [0.717, 1.165) is 10.5 Å². The average Bonchev–Trinajstić information content (AvgIpc) is 3.08. The van der Waals surface area contributed by atoms with Crippen molar-refractivity contribution in [2.75, 3.05) is 7.05 Å². The Hall–Kier alpha value is -3.06. The standard InChI is InChI=1S/C19H18N2O4S/c1-20(19(22)23)13-15-12-18(16-8-4-2-5-9-16)21(14-15)26(24,25)17-10-6-3-7-11-17/h2-12,14H,13H2,1H3,(H,22,23). The van der Waals surface area contributed by atoms with Gasteiger partial charge in [0, 0.05) is 13.2 Å². The van der Waals surface area contributed by atoms with Gasteiger partial charge in [-0.15, -0.1) is 0 Å². The van der Waals surface area contributed by atoms with E-state index in [1.807, 2.05) is 30.3 Å². The lowest BCUT2D eigenvalue weighted by Gasteiger charge is -2.11. The monoisotopic (exact) mass is 370 g/mol. The van der Waals surface area contributed by atoms with Gasteiger partial charge in [-0.05, 0) is 29.3 Å². The van der Waals surface area contributed by atoms with Crippen molar-refractivity contribution in [2.24, 2.45) is 0 Å². The van der Waals surface area contributed by atoms with Gasteiger partial charge in [0.25, 0.3) is 10.0 Å². The van der Waals surface area contributed by atoms with Crippen LogP contribution in [0.4, 0.5) is 4.79 Å². The summed E-state index contributed by atoms with van der Waals surface area (Å²) in [5.74, 6) is 0. The van der Waals surface area contributed by atoms with Crippen LogP contribution in [0.15, 0.2) is 77.8 Å². The highest BCUT2D eigenvalue weighted by atomic mass is 32.2. The summed E-state index contributed by atoms with van der Waals surface area (Å²) in [5.41, 5.74) is 1.81. The largest absolute Gasteiger partial charge is 0.465 e. The molecule has 0 spiro atoms. The van der Waals surface area contributed by atoms with E-state index in [1.54, 1.807) is 24.3 Å². The molecule has 0 fully saturated rings. The molecule has 0 bridgehead atoms. The van der Waals surface area contributed by atoms with Crippen molar-refractivity contribution in [3.05, 3.63) is 78.5 Å². The molecule has 3 rings (SSSR count). The normalized spacial score (nSPS) is 11.3. The summed E-state index contributed by atoms with van der Waals surface area (Å²) in [7, 11) is -2.36. The number of aromatic nitrogens is 1. The lowest BCUT2D eigenvalue weighted by atomic mass is 10.1. The van der Waals surface area contributed by atoms with E-state index >= 15 is 0 Å². The highest BCUT2D eigenvalue weighted by Gasteiger charge is 2.22. The van der Waals surface area contributed by atoms with E-state index in [2.05, 4.69) is 0 Å². The molecule has 0 aliphatic heterocycles. The Kier molecular flexibility index (Phi) is 4.81. The molecule has 1 aromatic heterocycles. The molecule has 0 aliphatic carbocycles. The molecule has 7 heteroatoms. The van der Waals surface area contributed by atoms with Gasteiger partial charge in [0.1, 0.15) is 0 Å². The third-order valence-electron chi connectivity index (χ3n) is 3.96. The third kappa shape index (κ3) is 3.48. The van der Waals surface area contributed by atoms with Crippen molar-refractivity contribution in [2.45, 2.75) is 11.4 Å². The molecule has 1 heterocycles. The quantitative estimate of drug-likeness (QED) is 0.745. The molecular formula is C19H18N2O4S. The fourth-order valence-electron chi connectivity index (χ4n) is 2.65. The van der Waals surface area contributed by atoms with Crippen LogP contribution in [0.5, 0.6) is 0 Å². The minimum Gasteiger partial charge on any atom is -0.465 e. The summed E-state index contributed by atoms with van der Waals surface area (Å²) in [6, 6.07) is 19.0. The molecule has 2 aromatic carbocycles. The van der Waals surface area contributed by atoms with Gasteiger partial charge in [-0.2, -0.15) is 0 Å². The van der Waals surface area contributed by atoms with Gasteiger partial charge in [-0.3, -0.25) is 0 Å². The minimum absolute atomic E-state index is 0.0898. The summed E-state index contributed by atoms with van der Waals surface area (Å²) >= 11 is 0. The third-order valence-corrected chi connectivity index (χ3v) is 5.65. The number of carbonyl (C=O) groups is 1. The van der Waals surface area contributed by atoms with Crippen LogP contribution in [0.2, 0.25) is 0 Å². The van der Waals surface area contributed by atoms with Crippen molar-refractivity contribution in [3.8, 4) is 11.3 Å². The molecule has 0 unspecified atom stereocenters. The summed E-state index contributed by atoms with van der Waals surface area (Å²) in [4.78, 5) is 12.4. The van der Waals surface area contributed by atoms with Crippen molar-refractivity contribution in [1.29, 1.82) is 0 Å². The molecular weight excluding hydrogens is 352 g/mol. The first-order chi connectivity index (χ1) is 12.4. The van der Waals surface area contributed by atoms with E-state index < -0.39 is 16.1 Å². The highest BCUT2D eigenvalue weighted by Crippen LogP contribution is 2.27.